The van der Waals surface area contributed by atoms with Crippen LogP contribution in [0.2, 0.25) is 5.22 Å². The molecular weight excluding hydrogens is 256 g/mol. The average molecular weight is 271 g/mol. The summed E-state index contributed by atoms with van der Waals surface area (Å²) in [5, 5.41) is 12.3. The number of oxime groups is 1. The van der Waals surface area contributed by atoms with Crippen LogP contribution >= 0.6 is 11.6 Å². The molecule has 0 bridgehead atoms. The molecule has 1 amide bonds. The first-order chi connectivity index (χ1) is 8.67. The first-order valence-corrected chi connectivity index (χ1v) is 6.28. The molecule has 0 saturated carbocycles. The van der Waals surface area contributed by atoms with E-state index < -0.39 is 0 Å². The van der Waals surface area contributed by atoms with Crippen molar-refractivity contribution in [1.82, 2.24) is 4.90 Å². The maximum absolute atomic E-state index is 12.2. The molecule has 98 valence electrons. The van der Waals surface area contributed by atoms with Crippen LogP contribution in [0.25, 0.3) is 0 Å². The Morgan fingerprint density at radius 3 is 3.06 bits per heavy atom. The number of carbonyl (C=O) groups excluding carboxylic acids is 1. The number of amides is 1. The number of halogens is 1. The predicted octanol–water partition coefficient (Wildman–Crippen LogP) is 2.64. The van der Waals surface area contributed by atoms with Crippen LogP contribution in [0.15, 0.2) is 21.9 Å². The van der Waals surface area contributed by atoms with Crippen LogP contribution in [0.4, 0.5) is 0 Å². The van der Waals surface area contributed by atoms with E-state index >= 15 is 0 Å². The zero-order valence-electron chi connectivity index (χ0n) is 10.1. The quantitative estimate of drug-likeness (QED) is 0.664. The van der Waals surface area contributed by atoms with Crippen LogP contribution in [-0.4, -0.2) is 34.8 Å². The second-order valence-corrected chi connectivity index (χ2v) is 4.65. The summed E-state index contributed by atoms with van der Waals surface area (Å²) >= 11 is 5.80. The Kier molecular flexibility index (Phi) is 3.91. The third kappa shape index (κ3) is 2.36. The molecule has 1 fully saturated rings. The highest BCUT2D eigenvalue weighted by Crippen LogP contribution is 2.23. The van der Waals surface area contributed by atoms with Crippen molar-refractivity contribution in [2.24, 2.45) is 11.1 Å². The van der Waals surface area contributed by atoms with E-state index in [1.165, 1.54) is 6.26 Å². The molecule has 1 N–H and O–H groups in total. The molecule has 0 aliphatic carbocycles. The molecule has 6 heteroatoms. The average Bonchev–Trinajstić information content (AvgIpc) is 2.83. The van der Waals surface area contributed by atoms with Gasteiger partial charge in [-0.05, 0) is 24.1 Å². The van der Waals surface area contributed by atoms with E-state index in [9.17, 15) is 4.79 Å². The van der Waals surface area contributed by atoms with Gasteiger partial charge in [-0.2, -0.15) is 0 Å². The van der Waals surface area contributed by atoms with Crippen LogP contribution < -0.4 is 0 Å². The minimum atomic E-state index is -0.135. The van der Waals surface area contributed by atoms with E-state index in [4.69, 9.17) is 21.2 Å². The molecule has 0 spiro atoms. The Morgan fingerprint density at radius 2 is 2.50 bits per heavy atom. The van der Waals surface area contributed by atoms with E-state index in [2.05, 4.69) is 5.16 Å². The maximum Gasteiger partial charge on any atom is 0.258 e. The van der Waals surface area contributed by atoms with Gasteiger partial charge in [0.15, 0.2) is 0 Å². The van der Waals surface area contributed by atoms with Gasteiger partial charge in [-0.15, -0.1) is 0 Å². The molecule has 0 aromatic carbocycles. The molecule has 1 aliphatic heterocycles. The topological polar surface area (TPSA) is 66.0 Å². The summed E-state index contributed by atoms with van der Waals surface area (Å²) in [6.07, 6.45) is 2.83. The number of hydrogen-bond acceptors (Lipinski definition) is 4. The van der Waals surface area contributed by atoms with Crippen molar-refractivity contribution in [3.8, 4) is 0 Å². The minimum Gasteiger partial charge on any atom is -0.452 e. The van der Waals surface area contributed by atoms with Crippen molar-refractivity contribution < 1.29 is 14.4 Å². The Balaban J connectivity index is 2.12. The summed E-state index contributed by atoms with van der Waals surface area (Å²) in [7, 11) is 0. The van der Waals surface area contributed by atoms with Gasteiger partial charge in [0.1, 0.15) is 0 Å². The highest BCUT2D eigenvalue weighted by Gasteiger charge is 2.29. The standard InChI is InChI=1S/C12H15ClN2O3/c1-2-8-7-15(5-3-10(8)14-17)12(16)9-4-6-18-11(9)13/h4,6,8,17H,2-3,5,7H2,1H3/b14-10+. The molecule has 0 radical (unpaired) electrons. The molecule has 1 aromatic heterocycles. The van der Waals surface area contributed by atoms with Gasteiger partial charge < -0.3 is 14.5 Å². The van der Waals surface area contributed by atoms with Crippen molar-refractivity contribution in [1.29, 1.82) is 0 Å². The van der Waals surface area contributed by atoms with E-state index in [1.54, 1.807) is 11.0 Å². The number of carbonyl (C=O) groups is 1. The highest BCUT2D eigenvalue weighted by atomic mass is 35.5. The largest absolute Gasteiger partial charge is 0.452 e. The number of likely N-dealkylation sites (tertiary alicyclic amines) is 1. The Labute approximate surface area is 110 Å². The lowest BCUT2D eigenvalue weighted by Crippen LogP contribution is -2.44. The fourth-order valence-electron chi connectivity index (χ4n) is 2.21. The number of piperidine rings is 1. The van der Waals surface area contributed by atoms with Crippen molar-refractivity contribution in [3.63, 3.8) is 0 Å². The van der Waals surface area contributed by atoms with Gasteiger partial charge in [0, 0.05) is 25.4 Å². The highest BCUT2D eigenvalue weighted by molar-refractivity contribution is 6.32. The first kappa shape index (κ1) is 13.0. The number of furan rings is 1. The Hall–Kier alpha value is -1.49. The summed E-state index contributed by atoms with van der Waals surface area (Å²) in [5.41, 5.74) is 1.15. The van der Waals surface area contributed by atoms with Gasteiger partial charge in [0.05, 0.1) is 17.5 Å². The SMILES string of the molecule is CCC1CN(C(=O)c2ccoc2Cl)CC/C1=N\O. The van der Waals surface area contributed by atoms with Crippen molar-refractivity contribution >= 4 is 23.2 Å². The van der Waals surface area contributed by atoms with Crippen molar-refractivity contribution in [2.75, 3.05) is 13.1 Å². The summed E-state index contributed by atoms with van der Waals surface area (Å²) in [6.45, 7) is 3.10. The third-order valence-electron chi connectivity index (χ3n) is 3.31. The van der Waals surface area contributed by atoms with Gasteiger partial charge >= 0.3 is 0 Å². The number of hydrogen-bond donors (Lipinski definition) is 1. The van der Waals surface area contributed by atoms with E-state index in [0.717, 1.165) is 12.1 Å². The van der Waals surface area contributed by atoms with E-state index in [-0.39, 0.29) is 17.0 Å². The number of rotatable bonds is 2. The summed E-state index contributed by atoms with van der Waals surface area (Å²) < 4.78 is 4.93. The molecule has 1 aromatic rings. The van der Waals surface area contributed by atoms with Crippen LogP contribution in [0, 0.1) is 5.92 Å². The van der Waals surface area contributed by atoms with Gasteiger partial charge in [-0.3, -0.25) is 4.79 Å². The molecule has 1 unspecified atom stereocenters. The normalized spacial score (nSPS) is 22.4. The zero-order chi connectivity index (χ0) is 13.1. The molecule has 2 rings (SSSR count). The lowest BCUT2D eigenvalue weighted by molar-refractivity contribution is 0.0728. The third-order valence-corrected chi connectivity index (χ3v) is 3.60. The molecule has 2 heterocycles. The summed E-state index contributed by atoms with van der Waals surface area (Å²) in [5.74, 6) is -0.0254. The fourth-order valence-corrected chi connectivity index (χ4v) is 2.41. The van der Waals surface area contributed by atoms with Crippen LogP contribution in [-0.2, 0) is 0 Å². The Bertz CT molecular complexity index is 470. The molecule has 18 heavy (non-hydrogen) atoms. The molecule has 5 nitrogen and oxygen atoms in total. The van der Waals surface area contributed by atoms with Crippen LogP contribution in [0.5, 0.6) is 0 Å². The first-order valence-electron chi connectivity index (χ1n) is 5.90. The van der Waals surface area contributed by atoms with Crippen molar-refractivity contribution in [2.45, 2.75) is 19.8 Å². The smallest absolute Gasteiger partial charge is 0.258 e. The summed E-state index contributed by atoms with van der Waals surface area (Å²) in [4.78, 5) is 13.9. The minimum absolute atomic E-state index is 0.110. The fraction of sp³-hybridized carbons (Fsp3) is 0.500. The van der Waals surface area contributed by atoms with E-state index in [0.29, 0.717) is 25.1 Å². The Morgan fingerprint density at radius 1 is 1.72 bits per heavy atom. The van der Waals surface area contributed by atoms with E-state index in [1.807, 2.05) is 6.92 Å². The molecule has 1 aliphatic rings. The lowest BCUT2D eigenvalue weighted by atomic mass is 9.93. The van der Waals surface area contributed by atoms with Gasteiger partial charge in [0.2, 0.25) is 5.22 Å². The van der Waals surface area contributed by atoms with Gasteiger partial charge in [-0.1, -0.05) is 12.1 Å². The van der Waals surface area contributed by atoms with Gasteiger partial charge in [-0.25, -0.2) is 0 Å². The molecule has 1 saturated heterocycles. The monoisotopic (exact) mass is 270 g/mol. The second kappa shape index (κ2) is 5.44. The lowest BCUT2D eigenvalue weighted by Gasteiger charge is -2.32. The molecular formula is C12H15ClN2O3. The maximum atomic E-state index is 12.2. The number of nitrogens with zero attached hydrogens (tertiary/aromatic N) is 2. The summed E-state index contributed by atoms with van der Waals surface area (Å²) in [6, 6.07) is 1.57. The molecule has 1 atom stereocenters. The van der Waals surface area contributed by atoms with Crippen LogP contribution in [0.3, 0.4) is 0 Å². The predicted molar refractivity (Wildman–Crippen MR) is 67.2 cm³/mol. The van der Waals surface area contributed by atoms with Crippen molar-refractivity contribution in [3.05, 3.63) is 23.1 Å². The van der Waals surface area contributed by atoms with Crippen LogP contribution in [0.1, 0.15) is 30.1 Å². The second-order valence-electron chi connectivity index (χ2n) is 4.31. The zero-order valence-corrected chi connectivity index (χ0v) is 10.9. The van der Waals surface area contributed by atoms with Gasteiger partial charge in [0.25, 0.3) is 5.91 Å².